The molecule has 0 unspecified atom stereocenters. The molecule has 10 heteroatoms. The van der Waals surface area contributed by atoms with Crippen molar-refractivity contribution < 1.29 is 19.1 Å². The van der Waals surface area contributed by atoms with Crippen LogP contribution in [0.1, 0.15) is 31.0 Å². The maximum atomic E-state index is 14.1. The number of methoxy groups -OCH3 is 1. The lowest BCUT2D eigenvalue weighted by atomic mass is 9.95. The van der Waals surface area contributed by atoms with Crippen LogP contribution in [0.5, 0.6) is 5.75 Å². The molecule has 0 radical (unpaired) electrons. The number of aromatic nitrogens is 1. The molecule has 1 atom stereocenters. The number of hydrogen-bond donors (Lipinski definition) is 0. The topological polar surface area (TPSA) is 90.2 Å². The monoisotopic (exact) mass is 567 g/mol. The van der Waals surface area contributed by atoms with Gasteiger partial charge in [-0.2, -0.15) is 0 Å². The highest BCUT2D eigenvalue weighted by molar-refractivity contribution is 9.10. The number of halogens is 1. The molecular formula is C26H22BrN3O5S. The first-order valence-electron chi connectivity index (χ1n) is 11.2. The van der Waals surface area contributed by atoms with Gasteiger partial charge >= 0.3 is 5.97 Å². The molecule has 2 aliphatic heterocycles. The van der Waals surface area contributed by atoms with E-state index in [1.54, 1.807) is 27.0 Å². The van der Waals surface area contributed by atoms with Gasteiger partial charge in [-0.1, -0.05) is 45.5 Å². The van der Waals surface area contributed by atoms with E-state index >= 15 is 0 Å². The molecule has 0 aliphatic carbocycles. The Hall–Kier alpha value is -3.50. The fraction of sp³-hybridized carbons (Fsp3) is 0.231. The van der Waals surface area contributed by atoms with E-state index in [-0.39, 0.29) is 22.6 Å². The zero-order valence-corrected chi connectivity index (χ0v) is 22.4. The zero-order chi connectivity index (χ0) is 25.7. The average Bonchev–Trinajstić information content (AvgIpc) is 3.31. The van der Waals surface area contributed by atoms with Crippen LogP contribution in [-0.4, -0.2) is 37.2 Å². The smallest absolute Gasteiger partial charge is 0.338 e. The molecule has 0 fully saturated rings. The summed E-state index contributed by atoms with van der Waals surface area (Å²) in [5.41, 5.74) is 2.62. The van der Waals surface area contributed by atoms with Gasteiger partial charge in [0, 0.05) is 22.6 Å². The predicted octanol–water partition coefficient (Wildman–Crippen LogP) is 2.92. The second-order valence-electron chi connectivity index (χ2n) is 8.27. The fourth-order valence-corrected chi connectivity index (χ4v) is 6.16. The summed E-state index contributed by atoms with van der Waals surface area (Å²) in [6.07, 6.45) is 0. The van der Waals surface area contributed by atoms with Gasteiger partial charge in [-0.25, -0.2) is 9.79 Å². The summed E-state index contributed by atoms with van der Waals surface area (Å²) in [6.45, 7) is 3.61. The Balaban J connectivity index is 1.87. The number of allylic oxidation sites excluding steroid dienone is 1. The lowest BCUT2D eigenvalue weighted by molar-refractivity contribution is -0.139. The first-order valence-corrected chi connectivity index (χ1v) is 12.8. The Morgan fingerprint density at radius 3 is 2.67 bits per heavy atom. The van der Waals surface area contributed by atoms with Crippen molar-refractivity contribution in [2.24, 2.45) is 4.99 Å². The summed E-state index contributed by atoms with van der Waals surface area (Å²) >= 11 is 4.63. The molecule has 0 bridgehead atoms. The average molecular weight is 568 g/mol. The van der Waals surface area contributed by atoms with E-state index in [1.165, 1.54) is 16.6 Å². The minimum absolute atomic E-state index is 0.171. The molecule has 184 valence electrons. The number of amides is 1. The number of hydrogen-bond acceptors (Lipinski definition) is 7. The van der Waals surface area contributed by atoms with Crippen molar-refractivity contribution >= 4 is 50.4 Å². The Morgan fingerprint density at radius 2 is 1.94 bits per heavy atom. The fourth-order valence-electron chi connectivity index (χ4n) is 4.64. The Bertz CT molecular complexity index is 1650. The molecular weight excluding hydrogens is 546 g/mol. The molecule has 2 aliphatic rings. The highest BCUT2D eigenvalue weighted by atomic mass is 79.9. The van der Waals surface area contributed by atoms with E-state index < -0.39 is 17.6 Å². The molecule has 1 aromatic heterocycles. The van der Waals surface area contributed by atoms with E-state index in [9.17, 15) is 14.4 Å². The van der Waals surface area contributed by atoms with Crippen molar-refractivity contribution in [3.8, 4) is 5.75 Å². The number of ether oxygens (including phenoxy) is 2. The number of anilines is 1. The molecule has 0 N–H and O–H groups in total. The number of thiazole rings is 1. The number of carbonyl (C=O) groups is 2. The molecule has 0 saturated carbocycles. The van der Waals surface area contributed by atoms with Gasteiger partial charge in [-0.15, -0.1) is 0 Å². The number of para-hydroxylation sites is 1. The number of likely N-dealkylation sites (N-methyl/N-ethyl adjacent to an activating group) is 1. The summed E-state index contributed by atoms with van der Waals surface area (Å²) in [5.74, 6) is -0.329. The van der Waals surface area contributed by atoms with Gasteiger partial charge in [0.2, 0.25) is 0 Å². The standard InChI is InChI=1S/C26H22BrN3O5S/c1-5-35-25(33)19-13(2)28-26-30(21(19)16-12-14(27)10-11-18(16)34-4)24(32)22(36-26)20-15-8-6-7-9-17(15)29(3)23(20)31/h6-12,21H,5H2,1-4H3/b22-20+/t21-/m1/s1. The first kappa shape index (κ1) is 24.2. The molecule has 1 amide bonds. The van der Waals surface area contributed by atoms with Gasteiger partial charge in [0.15, 0.2) is 4.80 Å². The van der Waals surface area contributed by atoms with Gasteiger partial charge < -0.3 is 14.4 Å². The number of esters is 1. The summed E-state index contributed by atoms with van der Waals surface area (Å²) in [5, 5.41) is 0. The molecule has 36 heavy (non-hydrogen) atoms. The Labute approximate surface area is 218 Å². The normalized spacial score (nSPS) is 18.1. The summed E-state index contributed by atoms with van der Waals surface area (Å²) in [4.78, 5) is 47.0. The van der Waals surface area contributed by atoms with E-state index in [1.807, 2.05) is 36.4 Å². The van der Waals surface area contributed by atoms with Gasteiger partial charge in [-0.3, -0.25) is 14.2 Å². The molecule has 3 heterocycles. The van der Waals surface area contributed by atoms with Crippen molar-refractivity contribution in [1.29, 1.82) is 0 Å². The molecule has 8 nitrogen and oxygen atoms in total. The zero-order valence-electron chi connectivity index (χ0n) is 20.0. The third-order valence-electron chi connectivity index (χ3n) is 6.26. The Kier molecular flexibility index (Phi) is 6.17. The molecule has 0 spiro atoms. The maximum Gasteiger partial charge on any atom is 0.338 e. The van der Waals surface area contributed by atoms with E-state index in [4.69, 9.17) is 9.47 Å². The van der Waals surface area contributed by atoms with E-state index in [2.05, 4.69) is 20.9 Å². The number of nitrogens with zero attached hydrogens (tertiary/aromatic N) is 3. The van der Waals surface area contributed by atoms with Crippen molar-refractivity contribution in [2.45, 2.75) is 19.9 Å². The maximum absolute atomic E-state index is 14.1. The van der Waals surface area contributed by atoms with Crippen molar-refractivity contribution in [3.05, 3.63) is 89.0 Å². The SMILES string of the molecule is CCOC(=O)C1=C(C)N=c2s/c(=C3/C(=O)N(C)c4ccccc43)c(=O)n2[C@@H]1c1cc(Br)ccc1OC. The van der Waals surface area contributed by atoms with Crippen LogP contribution in [0.25, 0.3) is 5.57 Å². The quantitative estimate of drug-likeness (QED) is 0.452. The lowest BCUT2D eigenvalue weighted by Crippen LogP contribution is -2.41. The van der Waals surface area contributed by atoms with E-state index in [0.717, 1.165) is 21.5 Å². The van der Waals surface area contributed by atoms with Crippen molar-refractivity contribution in [2.75, 3.05) is 25.7 Å². The lowest BCUT2D eigenvalue weighted by Gasteiger charge is -2.26. The molecule has 0 saturated heterocycles. The van der Waals surface area contributed by atoms with Crippen LogP contribution in [-0.2, 0) is 14.3 Å². The van der Waals surface area contributed by atoms with E-state index in [0.29, 0.717) is 32.9 Å². The second kappa shape index (κ2) is 9.18. The van der Waals surface area contributed by atoms with Gasteiger partial charge in [0.05, 0.1) is 36.2 Å². The van der Waals surface area contributed by atoms with Crippen LogP contribution in [0.3, 0.4) is 0 Å². The second-order valence-corrected chi connectivity index (χ2v) is 10.2. The first-order chi connectivity index (χ1) is 17.3. The number of fused-ring (bicyclic) bond motifs is 2. The number of rotatable bonds is 4. The Morgan fingerprint density at radius 1 is 1.19 bits per heavy atom. The third kappa shape index (κ3) is 3.63. The van der Waals surface area contributed by atoms with Crippen LogP contribution in [0, 0.1) is 0 Å². The highest BCUT2D eigenvalue weighted by Gasteiger charge is 2.37. The summed E-state index contributed by atoms with van der Waals surface area (Å²) in [6, 6.07) is 11.9. The minimum atomic E-state index is -0.855. The van der Waals surface area contributed by atoms with Gasteiger partial charge in [0.25, 0.3) is 11.5 Å². The minimum Gasteiger partial charge on any atom is -0.496 e. The summed E-state index contributed by atoms with van der Waals surface area (Å²) in [7, 11) is 3.21. The number of carbonyl (C=O) groups excluding carboxylic acids is 2. The van der Waals surface area contributed by atoms with Crippen LogP contribution in [0.15, 0.2) is 68.0 Å². The van der Waals surface area contributed by atoms with Crippen molar-refractivity contribution in [1.82, 2.24) is 4.57 Å². The highest BCUT2D eigenvalue weighted by Crippen LogP contribution is 2.38. The third-order valence-corrected chi connectivity index (χ3v) is 7.81. The van der Waals surface area contributed by atoms with Crippen LogP contribution >= 0.6 is 27.3 Å². The summed E-state index contributed by atoms with van der Waals surface area (Å²) < 4.78 is 13.5. The molecule has 5 rings (SSSR count). The molecule has 3 aromatic rings. The van der Waals surface area contributed by atoms with Gasteiger partial charge in [0.1, 0.15) is 16.3 Å². The van der Waals surface area contributed by atoms with Crippen LogP contribution in [0.2, 0.25) is 0 Å². The molecule has 2 aromatic carbocycles. The largest absolute Gasteiger partial charge is 0.496 e. The van der Waals surface area contributed by atoms with Crippen LogP contribution < -0.4 is 24.5 Å². The van der Waals surface area contributed by atoms with Gasteiger partial charge in [-0.05, 0) is 38.1 Å². The number of benzene rings is 2. The van der Waals surface area contributed by atoms with Crippen LogP contribution in [0.4, 0.5) is 5.69 Å². The predicted molar refractivity (Wildman–Crippen MR) is 140 cm³/mol. The van der Waals surface area contributed by atoms with Crippen molar-refractivity contribution in [3.63, 3.8) is 0 Å².